The fraction of sp³-hybridized carbons (Fsp3) is 0.381. The van der Waals surface area contributed by atoms with Crippen molar-refractivity contribution in [2.45, 2.75) is 37.2 Å². The largest absolute Gasteiger partial charge is 0.326 e. The van der Waals surface area contributed by atoms with Gasteiger partial charge in [-0.05, 0) is 61.9 Å². The Balaban J connectivity index is 1.58. The molecule has 0 aromatic heterocycles. The lowest BCUT2D eigenvalue weighted by Crippen LogP contribution is -2.45. The van der Waals surface area contributed by atoms with Crippen LogP contribution in [0.25, 0.3) is 0 Å². The van der Waals surface area contributed by atoms with Gasteiger partial charge in [-0.15, -0.1) is 0 Å². The molecule has 0 saturated carbocycles. The van der Waals surface area contributed by atoms with Crippen molar-refractivity contribution in [2.24, 2.45) is 0 Å². The fourth-order valence-corrected chi connectivity index (χ4v) is 5.06. The van der Waals surface area contributed by atoms with Crippen LogP contribution in [-0.4, -0.2) is 49.7 Å². The van der Waals surface area contributed by atoms with E-state index in [1.54, 1.807) is 24.3 Å². The molecule has 0 aliphatic carbocycles. The van der Waals surface area contributed by atoms with Crippen molar-refractivity contribution in [3.8, 4) is 0 Å². The van der Waals surface area contributed by atoms with Crippen LogP contribution in [0.2, 0.25) is 0 Å². The molecule has 1 heterocycles. The van der Waals surface area contributed by atoms with E-state index in [2.05, 4.69) is 10.2 Å². The van der Waals surface area contributed by atoms with Gasteiger partial charge in [0.25, 0.3) is 0 Å². The van der Waals surface area contributed by atoms with Crippen LogP contribution in [0.1, 0.15) is 25.3 Å². The molecule has 0 radical (unpaired) electrons. The van der Waals surface area contributed by atoms with Crippen LogP contribution < -0.4 is 5.32 Å². The standard InChI is InChI=1S/C21H26FN3O3S/c1-16(26)23-19-7-9-21(10-8-19)29(27,28)25-13-11-20(12-14-25)24(2)15-17-3-5-18(22)6-4-17/h3-10,20H,11-15H2,1-2H3,(H,23,26). The van der Waals surface area contributed by atoms with E-state index < -0.39 is 10.0 Å². The number of nitrogens with zero attached hydrogens (tertiary/aromatic N) is 2. The lowest BCUT2D eigenvalue weighted by molar-refractivity contribution is -0.114. The minimum atomic E-state index is -3.56. The first kappa shape index (κ1) is 21.4. The number of anilines is 1. The van der Waals surface area contributed by atoms with Gasteiger partial charge in [0, 0.05) is 38.3 Å². The molecule has 1 aliphatic rings. The van der Waals surface area contributed by atoms with Gasteiger partial charge in [-0.25, -0.2) is 12.8 Å². The van der Waals surface area contributed by atoms with Crippen molar-refractivity contribution >= 4 is 21.6 Å². The average molecular weight is 420 g/mol. The van der Waals surface area contributed by atoms with E-state index in [0.717, 1.165) is 18.4 Å². The number of carbonyl (C=O) groups is 1. The van der Waals surface area contributed by atoms with Gasteiger partial charge in [0.1, 0.15) is 5.82 Å². The molecule has 0 unspecified atom stereocenters. The van der Waals surface area contributed by atoms with Crippen LogP contribution in [0.3, 0.4) is 0 Å². The first-order valence-corrected chi connectivity index (χ1v) is 11.0. The van der Waals surface area contributed by atoms with Crippen molar-refractivity contribution in [1.82, 2.24) is 9.21 Å². The zero-order valence-corrected chi connectivity index (χ0v) is 17.5. The summed E-state index contributed by atoms with van der Waals surface area (Å²) in [6.45, 7) is 3.01. The van der Waals surface area contributed by atoms with Crippen molar-refractivity contribution in [3.05, 3.63) is 59.9 Å². The molecule has 0 bridgehead atoms. The van der Waals surface area contributed by atoms with Gasteiger partial charge in [0.15, 0.2) is 0 Å². The quantitative estimate of drug-likeness (QED) is 0.781. The molecular formula is C21H26FN3O3S. The third kappa shape index (κ3) is 5.41. The highest BCUT2D eigenvalue weighted by molar-refractivity contribution is 7.89. The number of rotatable bonds is 6. The molecule has 6 nitrogen and oxygen atoms in total. The van der Waals surface area contributed by atoms with E-state index in [1.165, 1.54) is 35.5 Å². The Labute approximate surface area is 171 Å². The number of sulfonamides is 1. The summed E-state index contributed by atoms with van der Waals surface area (Å²) in [5.74, 6) is -0.451. The maximum atomic E-state index is 13.1. The van der Waals surface area contributed by atoms with Crippen molar-refractivity contribution < 1.29 is 17.6 Å². The van der Waals surface area contributed by atoms with Gasteiger partial charge in [0.05, 0.1) is 4.90 Å². The van der Waals surface area contributed by atoms with Gasteiger partial charge in [-0.1, -0.05) is 12.1 Å². The Hall–Kier alpha value is -2.29. The molecule has 29 heavy (non-hydrogen) atoms. The van der Waals surface area contributed by atoms with Gasteiger partial charge < -0.3 is 5.32 Å². The van der Waals surface area contributed by atoms with Crippen LogP contribution in [-0.2, 0) is 21.4 Å². The maximum Gasteiger partial charge on any atom is 0.243 e. The summed E-state index contributed by atoms with van der Waals surface area (Å²) in [6, 6.07) is 13.0. The van der Waals surface area contributed by atoms with E-state index >= 15 is 0 Å². The van der Waals surface area contributed by atoms with Crippen LogP contribution >= 0.6 is 0 Å². The zero-order chi connectivity index (χ0) is 21.0. The molecule has 1 N–H and O–H groups in total. The highest BCUT2D eigenvalue weighted by Gasteiger charge is 2.30. The molecule has 1 amide bonds. The van der Waals surface area contributed by atoms with Gasteiger partial charge in [0.2, 0.25) is 15.9 Å². The molecule has 0 spiro atoms. The van der Waals surface area contributed by atoms with Crippen LogP contribution in [0, 0.1) is 5.82 Å². The second-order valence-corrected chi connectivity index (χ2v) is 9.32. The first-order valence-electron chi connectivity index (χ1n) is 9.58. The molecular weight excluding hydrogens is 393 g/mol. The number of halogens is 1. The molecule has 1 saturated heterocycles. The second kappa shape index (κ2) is 9.02. The maximum absolute atomic E-state index is 13.1. The zero-order valence-electron chi connectivity index (χ0n) is 16.6. The third-order valence-corrected chi connectivity index (χ3v) is 7.12. The van der Waals surface area contributed by atoms with Crippen molar-refractivity contribution in [3.63, 3.8) is 0 Å². The lowest BCUT2D eigenvalue weighted by Gasteiger charge is -2.36. The van der Waals surface area contributed by atoms with Crippen LogP contribution in [0.4, 0.5) is 10.1 Å². The number of hydrogen-bond donors (Lipinski definition) is 1. The molecule has 156 valence electrons. The highest BCUT2D eigenvalue weighted by Crippen LogP contribution is 2.24. The van der Waals surface area contributed by atoms with Gasteiger partial charge >= 0.3 is 0 Å². The van der Waals surface area contributed by atoms with E-state index in [1.807, 2.05) is 7.05 Å². The number of carbonyl (C=O) groups excluding carboxylic acids is 1. The molecule has 1 aliphatic heterocycles. The Morgan fingerprint density at radius 3 is 2.24 bits per heavy atom. The topological polar surface area (TPSA) is 69.7 Å². The average Bonchev–Trinajstić information content (AvgIpc) is 2.70. The lowest BCUT2D eigenvalue weighted by atomic mass is 10.0. The van der Waals surface area contributed by atoms with Crippen molar-refractivity contribution in [1.29, 1.82) is 0 Å². The van der Waals surface area contributed by atoms with E-state index in [4.69, 9.17) is 0 Å². The minimum absolute atomic E-state index is 0.201. The molecule has 0 atom stereocenters. The summed E-state index contributed by atoms with van der Waals surface area (Å²) >= 11 is 0. The summed E-state index contributed by atoms with van der Waals surface area (Å²) in [5, 5.41) is 2.63. The van der Waals surface area contributed by atoms with Gasteiger partial charge in [-0.3, -0.25) is 9.69 Å². The Morgan fingerprint density at radius 2 is 1.69 bits per heavy atom. The molecule has 2 aromatic rings. The number of amides is 1. The third-order valence-electron chi connectivity index (χ3n) is 5.20. The predicted molar refractivity (Wildman–Crippen MR) is 110 cm³/mol. The van der Waals surface area contributed by atoms with Crippen LogP contribution in [0.15, 0.2) is 53.4 Å². The molecule has 3 rings (SSSR count). The Kier molecular flexibility index (Phi) is 6.66. The highest BCUT2D eigenvalue weighted by atomic mass is 32.2. The predicted octanol–water partition coefficient (Wildman–Crippen LogP) is 3.07. The summed E-state index contributed by atoms with van der Waals surface area (Å²) in [5.41, 5.74) is 1.60. The monoisotopic (exact) mass is 419 g/mol. The van der Waals surface area contributed by atoms with E-state index in [0.29, 0.717) is 25.3 Å². The normalized spacial score (nSPS) is 16.1. The number of piperidine rings is 1. The number of hydrogen-bond acceptors (Lipinski definition) is 4. The molecule has 1 fully saturated rings. The summed E-state index contributed by atoms with van der Waals surface area (Å²) < 4.78 is 40.4. The minimum Gasteiger partial charge on any atom is -0.326 e. The number of nitrogens with one attached hydrogen (secondary N) is 1. The SMILES string of the molecule is CC(=O)Nc1ccc(S(=O)(=O)N2CCC(N(C)Cc3ccc(F)cc3)CC2)cc1. The Bertz CT molecular complexity index is 938. The first-order chi connectivity index (χ1) is 13.8. The number of benzene rings is 2. The summed E-state index contributed by atoms with van der Waals surface area (Å²) in [4.78, 5) is 13.5. The molecule has 2 aromatic carbocycles. The summed E-state index contributed by atoms with van der Waals surface area (Å²) in [7, 11) is -1.55. The van der Waals surface area contributed by atoms with E-state index in [-0.39, 0.29) is 22.7 Å². The smallest absolute Gasteiger partial charge is 0.243 e. The fourth-order valence-electron chi connectivity index (χ4n) is 3.59. The summed E-state index contributed by atoms with van der Waals surface area (Å²) in [6.07, 6.45) is 1.47. The Morgan fingerprint density at radius 1 is 1.10 bits per heavy atom. The van der Waals surface area contributed by atoms with Gasteiger partial charge in [-0.2, -0.15) is 4.31 Å². The second-order valence-electron chi connectivity index (χ2n) is 7.38. The molecule has 8 heteroatoms. The van der Waals surface area contributed by atoms with Crippen molar-refractivity contribution in [2.75, 3.05) is 25.5 Å². The van der Waals surface area contributed by atoms with Crippen LogP contribution in [0.5, 0.6) is 0 Å². The van der Waals surface area contributed by atoms with E-state index in [9.17, 15) is 17.6 Å².